The van der Waals surface area contributed by atoms with Gasteiger partial charge in [-0.2, -0.15) is 5.10 Å². The number of hydrogen-bond acceptors (Lipinski definition) is 5. The Bertz CT molecular complexity index is 516. The van der Waals surface area contributed by atoms with Crippen molar-refractivity contribution in [1.82, 2.24) is 30.1 Å². The van der Waals surface area contributed by atoms with Crippen LogP contribution in [0.2, 0.25) is 0 Å². The number of nitrogens with zero attached hydrogens (tertiary/aromatic N) is 5. The molecule has 0 aliphatic rings. The van der Waals surface area contributed by atoms with Crippen LogP contribution in [0, 0.1) is 0 Å². The van der Waals surface area contributed by atoms with Crippen LogP contribution in [0.3, 0.4) is 0 Å². The van der Waals surface area contributed by atoms with Crippen LogP contribution in [0.4, 0.5) is 5.82 Å². The maximum Gasteiger partial charge on any atom is 0.256 e. The van der Waals surface area contributed by atoms with Crippen LogP contribution in [-0.2, 0) is 13.6 Å². The summed E-state index contributed by atoms with van der Waals surface area (Å²) >= 11 is 0. The third-order valence-corrected chi connectivity index (χ3v) is 2.55. The van der Waals surface area contributed by atoms with Crippen molar-refractivity contribution in [2.24, 2.45) is 7.05 Å². The summed E-state index contributed by atoms with van der Waals surface area (Å²) in [6.45, 7) is 1.26. The average molecular weight is 249 g/mol. The third kappa shape index (κ3) is 2.65. The highest BCUT2D eigenvalue weighted by Crippen LogP contribution is 2.08. The van der Waals surface area contributed by atoms with Gasteiger partial charge in [-0.1, -0.05) is 5.21 Å². The second-order valence-electron chi connectivity index (χ2n) is 3.84. The minimum absolute atomic E-state index is 0.209. The van der Waals surface area contributed by atoms with E-state index in [1.54, 1.807) is 24.1 Å². The first-order valence-corrected chi connectivity index (χ1v) is 5.58. The Hall–Kier alpha value is -2.38. The molecule has 8 nitrogen and oxygen atoms in total. The molecule has 0 atom stereocenters. The second kappa shape index (κ2) is 5.30. The molecule has 0 saturated heterocycles. The van der Waals surface area contributed by atoms with E-state index < -0.39 is 0 Å². The first kappa shape index (κ1) is 12.1. The molecule has 8 heteroatoms. The molecule has 0 fully saturated rings. The predicted octanol–water partition coefficient (Wildman–Crippen LogP) is -0.586. The van der Waals surface area contributed by atoms with Crippen molar-refractivity contribution in [2.45, 2.75) is 13.0 Å². The van der Waals surface area contributed by atoms with Gasteiger partial charge in [0.1, 0.15) is 11.4 Å². The van der Waals surface area contributed by atoms with E-state index in [4.69, 9.17) is 5.73 Å². The van der Waals surface area contributed by atoms with E-state index in [9.17, 15) is 4.79 Å². The molecule has 0 bridgehead atoms. The van der Waals surface area contributed by atoms with E-state index in [0.29, 0.717) is 24.5 Å². The SMILES string of the molecule is Cn1ncc(C(=O)NCCCn2ccnn2)c1N. The number of carbonyl (C=O) groups is 1. The largest absolute Gasteiger partial charge is 0.383 e. The molecule has 3 N–H and O–H groups in total. The first-order chi connectivity index (χ1) is 8.68. The van der Waals surface area contributed by atoms with Gasteiger partial charge in [0.2, 0.25) is 0 Å². The number of anilines is 1. The maximum atomic E-state index is 11.8. The number of amides is 1. The fourth-order valence-corrected chi connectivity index (χ4v) is 1.51. The Kier molecular flexibility index (Phi) is 3.56. The number of rotatable bonds is 5. The molecule has 0 spiro atoms. The van der Waals surface area contributed by atoms with Crippen molar-refractivity contribution in [3.8, 4) is 0 Å². The molecule has 2 rings (SSSR count). The molecular weight excluding hydrogens is 234 g/mol. The smallest absolute Gasteiger partial charge is 0.256 e. The molecule has 2 heterocycles. The molecule has 18 heavy (non-hydrogen) atoms. The maximum absolute atomic E-state index is 11.8. The molecular formula is C10H15N7O. The summed E-state index contributed by atoms with van der Waals surface area (Å²) in [6, 6.07) is 0. The molecule has 0 saturated carbocycles. The van der Waals surface area contributed by atoms with Crippen LogP contribution >= 0.6 is 0 Å². The van der Waals surface area contributed by atoms with Crippen LogP contribution in [0.1, 0.15) is 16.8 Å². The standard InChI is InChI=1S/C10H15N7O/c1-16-9(11)8(7-14-16)10(18)12-3-2-5-17-6-4-13-15-17/h4,6-7H,2-3,5,11H2,1H3,(H,12,18). The normalized spacial score (nSPS) is 10.5. The van der Waals surface area contributed by atoms with Crippen molar-refractivity contribution in [3.63, 3.8) is 0 Å². The van der Waals surface area contributed by atoms with Gasteiger partial charge in [-0.25, -0.2) is 0 Å². The van der Waals surface area contributed by atoms with E-state index >= 15 is 0 Å². The average Bonchev–Trinajstić information content (AvgIpc) is 2.97. The van der Waals surface area contributed by atoms with E-state index in [-0.39, 0.29) is 5.91 Å². The van der Waals surface area contributed by atoms with Gasteiger partial charge in [0, 0.05) is 26.3 Å². The summed E-state index contributed by atoms with van der Waals surface area (Å²) in [6.07, 6.45) is 5.63. The Labute approximate surface area is 104 Å². The summed E-state index contributed by atoms with van der Waals surface area (Å²) in [4.78, 5) is 11.8. The summed E-state index contributed by atoms with van der Waals surface area (Å²) in [5, 5.41) is 14.2. The van der Waals surface area contributed by atoms with Gasteiger partial charge >= 0.3 is 0 Å². The Balaban J connectivity index is 1.77. The number of aryl methyl sites for hydroxylation is 2. The van der Waals surface area contributed by atoms with Crippen LogP contribution in [0.5, 0.6) is 0 Å². The zero-order valence-electron chi connectivity index (χ0n) is 10.1. The van der Waals surface area contributed by atoms with Gasteiger partial charge in [0.05, 0.1) is 12.4 Å². The van der Waals surface area contributed by atoms with Gasteiger partial charge in [0.25, 0.3) is 5.91 Å². The lowest BCUT2D eigenvalue weighted by atomic mass is 10.3. The molecule has 2 aromatic heterocycles. The van der Waals surface area contributed by atoms with Crippen molar-refractivity contribution in [3.05, 3.63) is 24.2 Å². The fraction of sp³-hybridized carbons (Fsp3) is 0.400. The van der Waals surface area contributed by atoms with E-state index in [1.807, 2.05) is 0 Å². The van der Waals surface area contributed by atoms with Crippen molar-refractivity contribution in [2.75, 3.05) is 12.3 Å². The van der Waals surface area contributed by atoms with Gasteiger partial charge in [0.15, 0.2) is 0 Å². The highest BCUT2D eigenvalue weighted by atomic mass is 16.1. The minimum Gasteiger partial charge on any atom is -0.383 e. The zero-order valence-corrected chi connectivity index (χ0v) is 10.1. The lowest BCUT2D eigenvalue weighted by Gasteiger charge is -2.04. The monoisotopic (exact) mass is 249 g/mol. The quantitative estimate of drug-likeness (QED) is 0.689. The van der Waals surface area contributed by atoms with Crippen LogP contribution in [0.25, 0.3) is 0 Å². The van der Waals surface area contributed by atoms with Crippen molar-refractivity contribution >= 4 is 11.7 Å². The lowest BCUT2D eigenvalue weighted by molar-refractivity contribution is 0.0953. The number of aromatic nitrogens is 5. The highest BCUT2D eigenvalue weighted by molar-refractivity contribution is 5.98. The van der Waals surface area contributed by atoms with E-state index in [1.165, 1.54) is 10.9 Å². The molecule has 1 amide bonds. The fourth-order valence-electron chi connectivity index (χ4n) is 1.51. The highest BCUT2D eigenvalue weighted by Gasteiger charge is 2.12. The van der Waals surface area contributed by atoms with Crippen LogP contribution in [0.15, 0.2) is 18.6 Å². The number of nitrogen functional groups attached to an aromatic ring is 1. The Morgan fingerprint density at radius 3 is 3.00 bits per heavy atom. The molecule has 0 aliphatic heterocycles. The third-order valence-electron chi connectivity index (χ3n) is 2.55. The number of nitrogens with two attached hydrogens (primary N) is 1. The van der Waals surface area contributed by atoms with E-state index in [0.717, 1.165) is 6.42 Å². The van der Waals surface area contributed by atoms with Crippen LogP contribution in [-0.4, -0.2) is 37.2 Å². The summed E-state index contributed by atoms with van der Waals surface area (Å²) < 4.78 is 3.18. The topological polar surface area (TPSA) is 104 Å². The number of hydrogen-bond donors (Lipinski definition) is 2. The van der Waals surface area contributed by atoms with Gasteiger partial charge < -0.3 is 11.1 Å². The Morgan fingerprint density at radius 2 is 2.39 bits per heavy atom. The molecule has 96 valence electrons. The number of carbonyl (C=O) groups excluding carboxylic acids is 1. The van der Waals surface area contributed by atoms with Crippen molar-refractivity contribution < 1.29 is 4.79 Å². The predicted molar refractivity (Wildman–Crippen MR) is 64.6 cm³/mol. The second-order valence-corrected chi connectivity index (χ2v) is 3.84. The Morgan fingerprint density at radius 1 is 1.56 bits per heavy atom. The minimum atomic E-state index is -0.209. The summed E-state index contributed by atoms with van der Waals surface area (Å²) in [5.41, 5.74) is 6.10. The van der Waals surface area contributed by atoms with Gasteiger partial charge in [-0.15, -0.1) is 5.10 Å². The molecule has 0 aromatic carbocycles. The molecule has 2 aromatic rings. The van der Waals surface area contributed by atoms with Gasteiger partial charge in [-0.3, -0.25) is 14.2 Å². The van der Waals surface area contributed by atoms with Crippen molar-refractivity contribution in [1.29, 1.82) is 0 Å². The summed E-state index contributed by atoms with van der Waals surface area (Å²) in [5.74, 6) is 0.156. The lowest BCUT2D eigenvalue weighted by Crippen LogP contribution is -2.25. The van der Waals surface area contributed by atoms with E-state index in [2.05, 4.69) is 20.7 Å². The number of nitrogens with one attached hydrogen (secondary N) is 1. The van der Waals surface area contributed by atoms with Gasteiger partial charge in [-0.05, 0) is 6.42 Å². The molecule has 0 aliphatic carbocycles. The molecule has 0 unspecified atom stereocenters. The zero-order chi connectivity index (χ0) is 13.0. The first-order valence-electron chi connectivity index (χ1n) is 5.58. The van der Waals surface area contributed by atoms with Crippen LogP contribution < -0.4 is 11.1 Å². The molecule has 0 radical (unpaired) electrons. The summed E-state index contributed by atoms with van der Waals surface area (Å²) in [7, 11) is 1.69.